The van der Waals surface area contributed by atoms with Gasteiger partial charge in [0.05, 0.1) is 0 Å². The minimum Gasteiger partial charge on any atom is -0.385 e. The highest BCUT2D eigenvalue weighted by molar-refractivity contribution is 14.0. The van der Waals surface area contributed by atoms with Crippen LogP contribution in [-0.2, 0) is 17.7 Å². The normalized spacial score (nSPS) is 11.2. The minimum absolute atomic E-state index is 0. The number of aryl methyl sites for hydroxylation is 1. The number of aliphatic imine (C=N–C) groups is 1. The van der Waals surface area contributed by atoms with Crippen LogP contribution in [0, 0.1) is 0 Å². The smallest absolute Gasteiger partial charge is 0.191 e. The first kappa shape index (κ1) is 22.1. The number of guanidine groups is 1. The molecule has 2 N–H and O–H groups in total. The van der Waals surface area contributed by atoms with Crippen molar-refractivity contribution < 1.29 is 4.74 Å². The summed E-state index contributed by atoms with van der Waals surface area (Å²) in [6.07, 6.45) is 6.02. The highest BCUT2D eigenvalue weighted by atomic mass is 127. The lowest BCUT2D eigenvalue weighted by Crippen LogP contribution is -2.39. The summed E-state index contributed by atoms with van der Waals surface area (Å²) < 4.78 is 7.11. The first-order valence-electron chi connectivity index (χ1n) is 8.19. The molecule has 8 heteroatoms. The summed E-state index contributed by atoms with van der Waals surface area (Å²) in [7, 11) is 1.74. The van der Waals surface area contributed by atoms with Gasteiger partial charge in [0.25, 0.3) is 0 Å². The van der Waals surface area contributed by atoms with Crippen molar-refractivity contribution in [2.75, 3.05) is 33.4 Å². The van der Waals surface area contributed by atoms with Crippen LogP contribution in [0.5, 0.6) is 0 Å². The SMILES string of the molecule is CCNC(=NCCCCCOC)NCCn1cnnc1CC.I. The second kappa shape index (κ2) is 14.7. The number of halogens is 1. The predicted octanol–water partition coefficient (Wildman–Crippen LogP) is 1.83. The summed E-state index contributed by atoms with van der Waals surface area (Å²) in [5, 5.41) is 14.6. The Morgan fingerprint density at radius 2 is 2.09 bits per heavy atom. The quantitative estimate of drug-likeness (QED) is 0.239. The summed E-state index contributed by atoms with van der Waals surface area (Å²) in [6.45, 7) is 8.34. The van der Waals surface area contributed by atoms with Crippen LogP contribution in [0.2, 0.25) is 0 Å². The number of unbranched alkanes of at least 4 members (excludes halogenated alkanes) is 2. The van der Waals surface area contributed by atoms with Crippen molar-refractivity contribution >= 4 is 29.9 Å². The summed E-state index contributed by atoms with van der Waals surface area (Å²) in [6, 6.07) is 0. The van der Waals surface area contributed by atoms with Crippen LogP contribution in [-0.4, -0.2) is 54.1 Å². The van der Waals surface area contributed by atoms with E-state index >= 15 is 0 Å². The highest BCUT2D eigenvalue weighted by Gasteiger charge is 2.02. The van der Waals surface area contributed by atoms with Crippen LogP contribution in [0.1, 0.15) is 38.9 Å². The van der Waals surface area contributed by atoms with Crippen molar-refractivity contribution in [3.05, 3.63) is 12.2 Å². The number of ether oxygens (including phenoxy) is 1. The van der Waals surface area contributed by atoms with Crippen molar-refractivity contribution in [3.63, 3.8) is 0 Å². The Morgan fingerprint density at radius 3 is 2.78 bits per heavy atom. The lowest BCUT2D eigenvalue weighted by Gasteiger charge is -2.12. The molecule has 0 aliphatic heterocycles. The number of rotatable bonds is 11. The maximum atomic E-state index is 5.04. The zero-order valence-electron chi connectivity index (χ0n) is 14.5. The van der Waals surface area contributed by atoms with E-state index in [2.05, 4.69) is 44.2 Å². The van der Waals surface area contributed by atoms with Gasteiger partial charge < -0.3 is 19.9 Å². The van der Waals surface area contributed by atoms with Gasteiger partial charge in [0, 0.05) is 46.3 Å². The molecule has 0 radical (unpaired) electrons. The van der Waals surface area contributed by atoms with Gasteiger partial charge in [0.15, 0.2) is 5.96 Å². The van der Waals surface area contributed by atoms with Gasteiger partial charge in [-0.1, -0.05) is 6.92 Å². The highest BCUT2D eigenvalue weighted by Crippen LogP contribution is 1.96. The molecule has 0 atom stereocenters. The molecule has 0 amide bonds. The fraction of sp³-hybridized carbons (Fsp3) is 0.800. The van der Waals surface area contributed by atoms with E-state index < -0.39 is 0 Å². The monoisotopic (exact) mass is 438 g/mol. The molecule has 0 aromatic carbocycles. The molecular formula is C15H31IN6O. The zero-order chi connectivity index (χ0) is 16.0. The molecule has 0 fully saturated rings. The van der Waals surface area contributed by atoms with E-state index in [1.165, 1.54) is 0 Å². The number of hydrogen-bond donors (Lipinski definition) is 2. The van der Waals surface area contributed by atoms with Crippen molar-refractivity contribution in [1.29, 1.82) is 0 Å². The first-order valence-corrected chi connectivity index (χ1v) is 8.19. The van der Waals surface area contributed by atoms with Crippen molar-refractivity contribution in [2.45, 2.75) is 46.1 Å². The van der Waals surface area contributed by atoms with Gasteiger partial charge >= 0.3 is 0 Å². The minimum atomic E-state index is 0. The molecule has 23 heavy (non-hydrogen) atoms. The summed E-state index contributed by atoms with van der Waals surface area (Å²) in [4.78, 5) is 4.59. The summed E-state index contributed by atoms with van der Waals surface area (Å²) >= 11 is 0. The molecule has 0 saturated heterocycles. The van der Waals surface area contributed by atoms with Crippen molar-refractivity contribution in [2.24, 2.45) is 4.99 Å². The molecule has 0 aliphatic rings. The molecule has 0 unspecified atom stereocenters. The Labute approximate surface area is 156 Å². The molecule has 0 aliphatic carbocycles. The number of aromatic nitrogens is 3. The molecule has 7 nitrogen and oxygen atoms in total. The average molecular weight is 438 g/mol. The second-order valence-electron chi connectivity index (χ2n) is 5.04. The van der Waals surface area contributed by atoms with E-state index in [0.29, 0.717) is 0 Å². The molecule has 134 valence electrons. The van der Waals surface area contributed by atoms with Gasteiger partial charge in [-0.05, 0) is 26.2 Å². The van der Waals surface area contributed by atoms with E-state index in [1.54, 1.807) is 13.4 Å². The van der Waals surface area contributed by atoms with Gasteiger partial charge in [0.2, 0.25) is 0 Å². The zero-order valence-corrected chi connectivity index (χ0v) is 16.9. The maximum Gasteiger partial charge on any atom is 0.191 e. The fourth-order valence-electron chi connectivity index (χ4n) is 2.10. The molecule has 1 aromatic heterocycles. The molecule has 1 rings (SSSR count). The third kappa shape index (κ3) is 9.75. The molecule has 0 saturated carbocycles. The molecule has 1 aromatic rings. The first-order chi connectivity index (χ1) is 10.8. The average Bonchev–Trinajstić information content (AvgIpc) is 2.98. The van der Waals surface area contributed by atoms with E-state index in [4.69, 9.17) is 4.74 Å². The van der Waals surface area contributed by atoms with Gasteiger partial charge in [-0.25, -0.2) is 0 Å². The Morgan fingerprint density at radius 1 is 1.26 bits per heavy atom. The largest absolute Gasteiger partial charge is 0.385 e. The van der Waals surface area contributed by atoms with E-state index in [9.17, 15) is 0 Å². The van der Waals surface area contributed by atoms with Crippen LogP contribution in [0.3, 0.4) is 0 Å². The van der Waals surface area contributed by atoms with Gasteiger partial charge in [-0.2, -0.15) is 0 Å². The predicted molar refractivity (Wildman–Crippen MR) is 105 cm³/mol. The third-order valence-electron chi connectivity index (χ3n) is 3.28. The second-order valence-corrected chi connectivity index (χ2v) is 5.04. The standard InChI is InChI=1S/C15H30N6O.HI/c1-4-14-20-19-13-21(14)11-10-18-15(16-5-2)17-9-7-6-8-12-22-3;/h13H,4-12H2,1-3H3,(H2,16,17,18);1H. The van der Waals surface area contributed by atoms with Crippen LogP contribution < -0.4 is 10.6 Å². The van der Waals surface area contributed by atoms with E-state index in [-0.39, 0.29) is 24.0 Å². The van der Waals surface area contributed by atoms with Gasteiger partial charge in [-0.15, -0.1) is 34.2 Å². The maximum absolute atomic E-state index is 5.04. The number of methoxy groups -OCH3 is 1. The van der Waals surface area contributed by atoms with Crippen molar-refractivity contribution in [1.82, 2.24) is 25.4 Å². The Hall–Kier alpha value is -0.900. The van der Waals surface area contributed by atoms with Gasteiger partial charge in [-0.3, -0.25) is 4.99 Å². The van der Waals surface area contributed by atoms with Crippen LogP contribution >= 0.6 is 24.0 Å². The van der Waals surface area contributed by atoms with Gasteiger partial charge in [0.1, 0.15) is 12.2 Å². The van der Waals surface area contributed by atoms with Crippen molar-refractivity contribution in [3.8, 4) is 0 Å². The number of nitrogens with zero attached hydrogens (tertiary/aromatic N) is 4. The number of nitrogens with one attached hydrogen (secondary N) is 2. The van der Waals surface area contributed by atoms with Crippen LogP contribution in [0.4, 0.5) is 0 Å². The Bertz CT molecular complexity index is 424. The molecular weight excluding hydrogens is 407 g/mol. The van der Waals surface area contributed by atoms with Crippen LogP contribution in [0.25, 0.3) is 0 Å². The Balaban J connectivity index is 0.00000484. The molecule has 0 spiro atoms. The lowest BCUT2D eigenvalue weighted by atomic mass is 10.2. The number of hydrogen-bond acceptors (Lipinski definition) is 4. The third-order valence-corrected chi connectivity index (χ3v) is 3.28. The van der Waals surface area contributed by atoms with E-state index in [0.717, 1.165) is 70.3 Å². The lowest BCUT2D eigenvalue weighted by molar-refractivity contribution is 0.192. The van der Waals surface area contributed by atoms with Crippen LogP contribution in [0.15, 0.2) is 11.3 Å². The topological polar surface area (TPSA) is 76.4 Å². The molecule has 1 heterocycles. The Kier molecular flexibility index (Phi) is 14.1. The molecule has 0 bridgehead atoms. The summed E-state index contributed by atoms with van der Waals surface area (Å²) in [5.74, 6) is 1.89. The van der Waals surface area contributed by atoms with E-state index in [1.807, 2.05) is 0 Å². The summed E-state index contributed by atoms with van der Waals surface area (Å²) in [5.41, 5.74) is 0. The fourth-order valence-corrected chi connectivity index (χ4v) is 2.10.